The zero-order chi connectivity index (χ0) is 21.2. The molecule has 0 atom stereocenters. The summed E-state index contributed by atoms with van der Waals surface area (Å²) >= 11 is 9.69. The molecule has 29 heavy (non-hydrogen) atoms. The van der Waals surface area contributed by atoms with Gasteiger partial charge in [0.05, 0.1) is 4.47 Å². The van der Waals surface area contributed by atoms with E-state index in [1.165, 1.54) is 0 Å². The fraction of sp³-hybridized carbons (Fsp3) is 0.208. The molecule has 0 aliphatic carbocycles. The maximum atomic E-state index is 10.4. The van der Waals surface area contributed by atoms with Gasteiger partial charge in [0.15, 0.2) is 0 Å². The van der Waals surface area contributed by atoms with E-state index in [1.807, 2.05) is 48.5 Å². The normalized spacial score (nSPS) is 11.9. The summed E-state index contributed by atoms with van der Waals surface area (Å²) in [5.74, 6) is 0.197. The lowest BCUT2D eigenvalue weighted by atomic mass is 9.87. The van der Waals surface area contributed by atoms with Crippen LogP contribution in [-0.4, -0.2) is 16.4 Å². The SMILES string of the molecule is CC(C)(C)c1ccc(O)c(N=Cc2cc(Cc3ccccc3Cl)cc(Br)c2O)c1. The maximum Gasteiger partial charge on any atom is 0.141 e. The molecule has 0 saturated carbocycles. The Bertz CT molecular complexity index is 1070. The first kappa shape index (κ1) is 21.4. The molecule has 0 aromatic heterocycles. The summed E-state index contributed by atoms with van der Waals surface area (Å²) in [5, 5.41) is 21.3. The molecule has 0 unspecified atom stereocenters. The van der Waals surface area contributed by atoms with Crippen molar-refractivity contribution >= 4 is 39.4 Å². The lowest BCUT2D eigenvalue weighted by Gasteiger charge is -2.19. The van der Waals surface area contributed by atoms with Crippen molar-refractivity contribution in [2.45, 2.75) is 32.6 Å². The number of halogens is 2. The van der Waals surface area contributed by atoms with Gasteiger partial charge in [0.25, 0.3) is 0 Å². The molecule has 0 heterocycles. The van der Waals surface area contributed by atoms with Gasteiger partial charge in [0, 0.05) is 16.8 Å². The highest BCUT2D eigenvalue weighted by Gasteiger charge is 2.15. The van der Waals surface area contributed by atoms with Gasteiger partial charge in [-0.05, 0) is 74.8 Å². The minimum Gasteiger partial charge on any atom is -0.506 e. The smallest absolute Gasteiger partial charge is 0.141 e. The molecule has 0 radical (unpaired) electrons. The molecule has 0 amide bonds. The van der Waals surface area contributed by atoms with E-state index in [4.69, 9.17) is 11.6 Å². The van der Waals surface area contributed by atoms with Gasteiger partial charge < -0.3 is 10.2 Å². The number of aliphatic imine (C=N–C) groups is 1. The van der Waals surface area contributed by atoms with Gasteiger partial charge in [-0.25, -0.2) is 0 Å². The molecule has 150 valence electrons. The summed E-state index contributed by atoms with van der Waals surface area (Å²) in [4.78, 5) is 4.44. The summed E-state index contributed by atoms with van der Waals surface area (Å²) < 4.78 is 0.580. The number of benzene rings is 3. The predicted octanol–water partition coefficient (Wildman–Crippen LogP) is 7.15. The summed E-state index contributed by atoms with van der Waals surface area (Å²) in [6, 6.07) is 16.8. The van der Waals surface area contributed by atoms with Crippen molar-refractivity contribution in [2.24, 2.45) is 4.99 Å². The molecular formula is C24H23BrClNO2. The summed E-state index contributed by atoms with van der Waals surface area (Å²) in [5.41, 5.74) is 4.02. The van der Waals surface area contributed by atoms with Gasteiger partial charge in [-0.2, -0.15) is 0 Å². The van der Waals surface area contributed by atoms with Gasteiger partial charge >= 0.3 is 0 Å². The van der Waals surface area contributed by atoms with Crippen LogP contribution < -0.4 is 0 Å². The molecule has 0 fully saturated rings. The van der Waals surface area contributed by atoms with Crippen LogP contribution in [0, 0.1) is 0 Å². The number of hydrogen-bond donors (Lipinski definition) is 2. The Labute approximate surface area is 184 Å². The first-order valence-electron chi connectivity index (χ1n) is 9.27. The van der Waals surface area contributed by atoms with Crippen LogP contribution in [0.2, 0.25) is 5.02 Å². The summed E-state index contributed by atoms with van der Waals surface area (Å²) in [6.07, 6.45) is 2.20. The molecule has 3 aromatic rings. The lowest BCUT2D eigenvalue weighted by molar-refractivity contribution is 0.470. The van der Waals surface area contributed by atoms with Crippen molar-refractivity contribution in [1.82, 2.24) is 0 Å². The van der Waals surface area contributed by atoms with E-state index in [2.05, 4.69) is 41.7 Å². The van der Waals surface area contributed by atoms with E-state index in [0.717, 1.165) is 16.7 Å². The second kappa shape index (κ2) is 8.60. The predicted molar refractivity (Wildman–Crippen MR) is 124 cm³/mol. The van der Waals surface area contributed by atoms with Crippen LogP contribution in [0.4, 0.5) is 5.69 Å². The molecule has 3 nitrogen and oxygen atoms in total. The Morgan fingerprint density at radius 1 is 1.03 bits per heavy atom. The van der Waals surface area contributed by atoms with Gasteiger partial charge in [0.2, 0.25) is 0 Å². The van der Waals surface area contributed by atoms with Crippen LogP contribution in [0.25, 0.3) is 0 Å². The van der Waals surface area contributed by atoms with Crippen molar-refractivity contribution in [1.29, 1.82) is 0 Å². The zero-order valence-corrected chi connectivity index (χ0v) is 18.9. The molecule has 2 N–H and O–H groups in total. The molecule has 0 aliphatic heterocycles. The van der Waals surface area contributed by atoms with Crippen LogP contribution >= 0.6 is 27.5 Å². The molecule has 0 saturated heterocycles. The van der Waals surface area contributed by atoms with Crippen LogP contribution in [-0.2, 0) is 11.8 Å². The highest BCUT2D eigenvalue weighted by Crippen LogP contribution is 2.34. The minimum absolute atomic E-state index is 0.0575. The Kier molecular flexibility index (Phi) is 6.35. The van der Waals surface area contributed by atoms with Crippen molar-refractivity contribution in [3.63, 3.8) is 0 Å². The first-order chi connectivity index (χ1) is 13.6. The number of rotatable bonds is 4. The third-order valence-corrected chi connectivity index (χ3v) is 5.66. The number of hydrogen-bond acceptors (Lipinski definition) is 3. The molecular weight excluding hydrogens is 450 g/mol. The van der Waals surface area contributed by atoms with Crippen molar-refractivity contribution in [3.05, 3.63) is 86.3 Å². The van der Waals surface area contributed by atoms with Crippen LogP contribution in [0.15, 0.2) is 64.1 Å². The number of phenols is 2. The van der Waals surface area contributed by atoms with Gasteiger partial charge in [0.1, 0.15) is 17.2 Å². The number of nitrogens with zero attached hydrogens (tertiary/aromatic N) is 1. The first-order valence-corrected chi connectivity index (χ1v) is 10.4. The van der Waals surface area contributed by atoms with Gasteiger partial charge in [-0.1, -0.05) is 56.6 Å². The summed E-state index contributed by atoms with van der Waals surface area (Å²) in [6.45, 7) is 6.32. The van der Waals surface area contributed by atoms with E-state index in [0.29, 0.717) is 27.2 Å². The average molecular weight is 473 g/mol. The lowest BCUT2D eigenvalue weighted by Crippen LogP contribution is -2.10. The van der Waals surface area contributed by atoms with Crippen LogP contribution in [0.5, 0.6) is 11.5 Å². The van der Waals surface area contributed by atoms with E-state index < -0.39 is 0 Å². The second-order valence-electron chi connectivity index (χ2n) is 8.00. The van der Waals surface area contributed by atoms with E-state index >= 15 is 0 Å². The Morgan fingerprint density at radius 2 is 1.76 bits per heavy atom. The Hall–Kier alpha value is -2.30. The van der Waals surface area contributed by atoms with Crippen LogP contribution in [0.3, 0.4) is 0 Å². The highest BCUT2D eigenvalue weighted by molar-refractivity contribution is 9.10. The van der Waals surface area contributed by atoms with Crippen LogP contribution in [0.1, 0.15) is 43.0 Å². The monoisotopic (exact) mass is 471 g/mol. The topological polar surface area (TPSA) is 52.8 Å². The fourth-order valence-corrected chi connectivity index (χ4v) is 3.70. The molecule has 0 bridgehead atoms. The quantitative estimate of drug-likeness (QED) is 0.396. The standard InChI is InChI=1S/C24H23BrClNO2/c1-24(2,3)18-8-9-22(28)21(13-18)27-14-17-11-15(12-19(25)23(17)29)10-16-6-4-5-7-20(16)26/h4-9,11-14,28-29H,10H2,1-3H3. The third-order valence-electron chi connectivity index (χ3n) is 4.69. The molecule has 3 rings (SSSR count). The third kappa shape index (κ3) is 5.20. The second-order valence-corrected chi connectivity index (χ2v) is 9.26. The molecule has 5 heteroatoms. The van der Waals surface area contributed by atoms with E-state index in [1.54, 1.807) is 12.3 Å². The molecule has 0 aliphatic rings. The van der Waals surface area contributed by atoms with Crippen molar-refractivity contribution < 1.29 is 10.2 Å². The zero-order valence-electron chi connectivity index (χ0n) is 16.6. The van der Waals surface area contributed by atoms with Crippen molar-refractivity contribution in [3.8, 4) is 11.5 Å². The molecule has 3 aromatic carbocycles. The van der Waals surface area contributed by atoms with Gasteiger partial charge in [-0.15, -0.1) is 0 Å². The Morgan fingerprint density at radius 3 is 2.45 bits per heavy atom. The Balaban J connectivity index is 1.95. The van der Waals surface area contributed by atoms with E-state index in [-0.39, 0.29) is 16.9 Å². The average Bonchev–Trinajstić information content (AvgIpc) is 2.65. The van der Waals surface area contributed by atoms with E-state index in [9.17, 15) is 10.2 Å². The summed E-state index contributed by atoms with van der Waals surface area (Å²) in [7, 11) is 0. The minimum atomic E-state index is -0.0575. The maximum absolute atomic E-state index is 10.4. The van der Waals surface area contributed by atoms with Crippen molar-refractivity contribution in [2.75, 3.05) is 0 Å². The fourth-order valence-electron chi connectivity index (χ4n) is 2.97. The largest absolute Gasteiger partial charge is 0.506 e. The number of aromatic hydroxyl groups is 2. The van der Waals surface area contributed by atoms with Gasteiger partial charge in [-0.3, -0.25) is 4.99 Å². The highest BCUT2D eigenvalue weighted by atomic mass is 79.9. The molecule has 0 spiro atoms. The number of phenolic OH excluding ortho intramolecular Hbond substituents is 2.